The number of amides is 1. The molecule has 1 aromatic heterocycles. The first-order valence-electron chi connectivity index (χ1n) is 7.49. The van der Waals surface area contributed by atoms with Crippen molar-refractivity contribution in [1.82, 2.24) is 9.97 Å². The maximum atomic E-state index is 12.5. The molecule has 0 aliphatic carbocycles. The number of nitrogens with one attached hydrogen (secondary N) is 2. The van der Waals surface area contributed by atoms with Gasteiger partial charge in [-0.1, -0.05) is 30.3 Å². The number of hydrogen-bond donors (Lipinski definition) is 2. The molecule has 0 fully saturated rings. The van der Waals surface area contributed by atoms with E-state index in [1.54, 1.807) is 36.0 Å². The Labute approximate surface area is 153 Å². The Bertz CT molecular complexity index is 808. The number of nitrogens with zero attached hydrogens (tertiary/aromatic N) is 1. The number of H-pyrrole nitrogens is 1. The smallest absolute Gasteiger partial charge is 0.255 e. The normalized spacial score (nSPS) is 14.2. The number of hydrogen-bond acceptors (Lipinski definition) is 5. The highest BCUT2D eigenvalue weighted by Gasteiger charge is 2.22. The molecule has 2 N–H and O–H groups in total. The van der Waals surface area contributed by atoms with Gasteiger partial charge in [0.25, 0.3) is 5.56 Å². The second-order valence-corrected chi connectivity index (χ2v) is 7.91. The molecule has 0 saturated heterocycles. The molecular formula is C16H16ClN3O2S2. The van der Waals surface area contributed by atoms with Gasteiger partial charge in [-0.25, -0.2) is 4.98 Å². The topological polar surface area (TPSA) is 74.8 Å². The van der Waals surface area contributed by atoms with Crippen molar-refractivity contribution in [3.63, 3.8) is 0 Å². The van der Waals surface area contributed by atoms with E-state index in [1.165, 1.54) is 11.8 Å². The summed E-state index contributed by atoms with van der Waals surface area (Å²) in [6.07, 6.45) is 0.625. The van der Waals surface area contributed by atoms with E-state index in [1.807, 2.05) is 6.92 Å². The predicted molar refractivity (Wildman–Crippen MR) is 99.9 cm³/mol. The van der Waals surface area contributed by atoms with Gasteiger partial charge in [-0.2, -0.15) is 11.8 Å². The SMILES string of the molecule is CCC(Sc1nc2c(c(=O)[nH]1)CSC2)C(=O)Nc1ccc(Cl)cc1. The van der Waals surface area contributed by atoms with E-state index < -0.39 is 0 Å². The first-order chi connectivity index (χ1) is 11.6. The van der Waals surface area contributed by atoms with E-state index in [0.29, 0.717) is 28.0 Å². The summed E-state index contributed by atoms with van der Waals surface area (Å²) in [6, 6.07) is 6.96. The number of carbonyl (C=O) groups excluding carboxylic acids is 1. The molecule has 1 unspecified atom stereocenters. The van der Waals surface area contributed by atoms with Crippen LogP contribution in [0.4, 0.5) is 5.69 Å². The lowest BCUT2D eigenvalue weighted by Gasteiger charge is -2.14. The van der Waals surface area contributed by atoms with Crippen LogP contribution in [0.3, 0.4) is 0 Å². The Balaban J connectivity index is 1.72. The van der Waals surface area contributed by atoms with Crippen LogP contribution in [-0.2, 0) is 16.3 Å². The first kappa shape index (κ1) is 17.4. The molecule has 1 aliphatic rings. The third-order valence-corrected chi connectivity index (χ3v) is 6.06. The highest BCUT2D eigenvalue weighted by Crippen LogP contribution is 2.29. The zero-order valence-electron chi connectivity index (χ0n) is 13.0. The Morgan fingerprint density at radius 1 is 1.42 bits per heavy atom. The maximum absolute atomic E-state index is 12.5. The minimum absolute atomic E-state index is 0.0968. The average molecular weight is 382 g/mol. The van der Waals surface area contributed by atoms with Gasteiger partial charge in [-0.05, 0) is 30.7 Å². The van der Waals surface area contributed by atoms with Gasteiger partial charge in [-0.15, -0.1) is 0 Å². The Kier molecular flexibility index (Phi) is 5.53. The summed E-state index contributed by atoms with van der Waals surface area (Å²) in [4.78, 5) is 31.8. The van der Waals surface area contributed by atoms with Gasteiger partial charge < -0.3 is 10.3 Å². The molecule has 1 aliphatic heterocycles. The maximum Gasteiger partial charge on any atom is 0.255 e. The number of rotatable bonds is 5. The van der Waals surface area contributed by atoms with Gasteiger partial charge in [0.15, 0.2) is 5.16 Å². The van der Waals surface area contributed by atoms with Crippen LogP contribution in [0.5, 0.6) is 0 Å². The second kappa shape index (κ2) is 7.63. The lowest BCUT2D eigenvalue weighted by Crippen LogP contribution is -2.25. The average Bonchev–Trinajstić information content (AvgIpc) is 3.03. The van der Waals surface area contributed by atoms with Crippen LogP contribution in [0.25, 0.3) is 0 Å². The molecule has 0 bridgehead atoms. The monoisotopic (exact) mass is 381 g/mol. The number of aromatic nitrogens is 2. The minimum atomic E-state index is -0.337. The van der Waals surface area contributed by atoms with Gasteiger partial charge in [-0.3, -0.25) is 9.59 Å². The molecule has 1 atom stereocenters. The van der Waals surface area contributed by atoms with E-state index >= 15 is 0 Å². The Hall–Kier alpha value is -1.44. The molecule has 1 aromatic carbocycles. The Morgan fingerprint density at radius 2 is 2.17 bits per heavy atom. The molecule has 24 heavy (non-hydrogen) atoms. The van der Waals surface area contributed by atoms with Gasteiger partial charge in [0, 0.05) is 27.8 Å². The molecular weight excluding hydrogens is 366 g/mol. The van der Waals surface area contributed by atoms with Crippen molar-refractivity contribution in [1.29, 1.82) is 0 Å². The molecule has 0 spiro atoms. The molecule has 2 heterocycles. The highest BCUT2D eigenvalue weighted by atomic mass is 35.5. The quantitative estimate of drug-likeness (QED) is 0.610. The fraction of sp³-hybridized carbons (Fsp3) is 0.312. The van der Waals surface area contributed by atoms with E-state index in [0.717, 1.165) is 17.0 Å². The van der Waals surface area contributed by atoms with Gasteiger partial charge in [0.1, 0.15) is 0 Å². The van der Waals surface area contributed by atoms with Crippen molar-refractivity contribution < 1.29 is 4.79 Å². The van der Waals surface area contributed by atoms with Crippen LogP contribution in [0.1, 0.15) is 24.6 Å². The summed E-state index contributed by atoms with van der Waals surface area (Å²) >= 11 is 8.81. The zero-order chi connectivity index (χ0) is 17.1. The lowest BCUT2D eigenvalue weighted by molar-refractivity contribution is -0.115. The van der Waals surface area contributed by atoms with Crippen LogP contribution in [0, 0.1) is 0 Å². The molecule has 1 amide bonds. The molecule has 0 saturated carbocycles. The molecule has 2 aromatic rings. The van der Waals surface area contributed by atoms with E-state index in [4.69, 9.17) is 11.6 Å². The zero-order valence-corrected chi connectivity index (χ0v) is 15.4. The third-order valence-electron chi connectivity index (χ3n) is 3.59. The predicted octanol–water partition coefficient (Wildman–Crippen LogP) is 3.68. The summed E-state index contributed by atoms with van der Waals surface area (Å²) in [5.74, 6) is 1.33. The lowest BCUT2D eigenvalue weighted by atomic mass is 10.3. The van der Waals surface area contributed by atoms with Crippen molar-refractivity contribution >= 4 is 46.7 Å². The van der Waals surface area contributed by atoms with Crippen LogP contribution < -0.4 is 10.9 Å². The van der Waals surface area contributed by atoms with Gasteiger partial charge in [0.2, 0.25) is 5.91 Å². The third kappa shape index (κ3) is 3.96. The number of aromatic amines is 1. The van der Waals surface area contributed by atoms with Crippen LogP contribution in [-0.4, -0.2) is 21.1 Å². The minimum Gasteiger partial charge on any atom is -0.325 e. The van der Waals surface area contributed by atoms with Gasteiger partial charge >= 0.3 is 0 Å². The molecule has 0 radical (unpaired) electrons. The largest absolute Gasteiger partial charge is 0.325 e. The number of carbonyl (C=O) groups is 1. The van der Waals surface area contributed by atoms with Crippen molar-refractivity contribution in [3.8, 4) is 0 Å². The number of fused-ring (bicyclic) bond motifs is 1. The molecule has 5 nitrogen and oxygen atoms in total. The first-order valence-corrected chi connectivity index (χ1v) is 9.91. The summed E-state index contributed by atoms with van der Waals surface area (Å²) in [6.45, 7) is 1.93. The van der Waals surface area contributed by atoms with Crippen LogP contribution >= 0.6 is 35.1 Å². The molecule has 8 heteroatoms. The Morgan fingerprint density at radius 3 is 2.88 bits per heavy atom. The molecule has 126 valence electrons. The fourth-order valence-electron chi connectivity index (χ4n) is 2.31. The standard InChI is InChI=1S/C16H16ClN3O2S2/c1-2-13(15(22)18-10-5-3-9(17)4-6-10)24-16-19-12-8-23-7-11(12)14(21)20-16/h3-6,13H,2,7-8H2,1H3,(H,18,22)(H,19,20,21). The van der Waals surface area contributed by atoms with E-state index in [-0.39, 0.29) is 16.7 Å². The second-order valence-electron chi connectivity index (χ2n) is 5.30. The summed E-state index contributed by atoms with van der Waals surface area (Å²) in [5, 5.41) is 3.65. The van der Waals surface area contributed by atoms with Crippen molar-refractivity contribution in [3.05, 3.63) is 50.9 Å². The highest BCUT2D eigenvalue weighted by molar-refractivity contribution is 8.00. The number of thioether (sulfide) groups is 2. The van der Waals surface area contributed by atoms with E-state index in [2.05, 4.69) is 15.3 Å². The van der Waals surface area contributed by atoms with Crippen LogP contribution in [0.15, 0.2) is 34.2 Å². The van der Waals surface area contributed by atoms with Crippen molar-refractivity contribution in [2.75, 3.05) is 5.32 Å². The van der Waals surface area contributed by atoms with Crippen molar-refractivity contribution in [2.45, 2.75) is 35.3 Å². The number of anilines is 1. The summed E-state index contributed by atoms with van der Waals surface area (Å²) < 4.78 is 0. The fourth-order valence-corrected chi connectivity index (χ4v) is 4.39. The van der Waals surface area contributed by atoms with Crippen LogP contribution in [0.2, 0.25) is 5.02 Å². The van der Waals surface area contributed by atoms with E-state index in [9.17, 15) is 9.59 Å². The number of halogens is 1. The number of benzene rings is 1. The van der Waals surface area contributed by atoms with Gasteiger partial charge in [0.05, 0.1) is 10.9 Å². The van der Waals surface area contributed by atoms with Crippen molar-refractivity contribution in [2.24, 2.45) is 0 Å². The summed E-state index contributed by atoms with van der Waals surface area (Å²) in [5.41, 5.74) is 2.18. The summed E-state index contributed by atoms with van der Waals surface area (Å²) in [7, 11) is 0. The molecule has 3 rings (SSSR count).